The van der Waals surface area contributed by atoms with E-state index in [1.54, 1.807) is 0 Å². The molecule has 0 saturated heterocycles. The van der Waals surface area contributed by atoms with Crippen LogP contribution in [0.25, 0.3) is 5.57 Å². The van der Waals surface area contributed by atoms with Crippen molar-refractivity contribution in [3.8, 4) is 0 Å². The molecule has 0 radical (unpaired) electrons. The van der Waals surface area contributed by atoms with Crippen molar-refractivity contribution < 1.29 is 14.7 Å². The lowest BCUT2D eigenvalue weighted by atomic mass is 9.82. The van der Waals surface area contributed by atoms with Gasteiger partial charge in [0.15, 0.2) is 5.78 Å². The van der Waals surface area contributed by atoms with Gasteiger partial charge in [0.1, 0.15) is 0 Å². The van der Waals surface area contributed by atoms with Gasteiger partial charge in [-0.2, -0.15) is 0 Å². The minimum Gasteiger partial charge on any atom is -0.481 e. The summed E-state index contributed by atoms with van der Waals surface area (Å²) < 4.78 is 0. The monoisotopic (exact) mass is 284 g/mol. The second kappa shape index (κ2) is 6.53. The molecule has 1 N–H and O–H groups in total. The SMILES string of the molecule is Cc1ccc(C2=CC=C(CCCC(=O)O)C(=O)C2C)cc1. The van der Waals surface area contributed by atoms with Crippen LogP contribution in [0.2, 0.25) is 0 Å². The topological polar surface area (TPSA) is 54.4 Å². The van der Waals surface area contributed by atoms with Crippen LogP contribution in [0.5, 0.6) is 0 Å². The highest BCUT2D eigenvalue weighted by molar-refractivity contribution is 6.06. The Morgan fingerprint density at radius 1 is 1.19 bits per heavy atom. The largest absolute Gasteiger partial charge is 0.481 e. The van der Waals surface area contributed by atoms with Crippen LogP contribution in [0.15, 0.2) is 42.0 Å². The first-order valence-corrected chi connectivity index (χ1v) is 7.23. The number of carbonyl (C=O) groups excluding carboxylic acids is 1. The lowest BCUT2D eigenvalue weighted by Crippen LogP contribution is -2.18. The molecule has 0 spiro atoms. The molecule has 1 unspecified atom stereocenters. The molecule has 1 atom stereocenters. The fourth-order valence-electron chi connectivity index (χ4n) is 2.57. The maximum absolute atomic E-state index is 12.4. The molecule has 3 nitrogen and oxygen atoms in total. The van der Waals surface area contributed by atoms with Crippen molar-refractivity contribution in [3.05, 3.63) is 53.1 Å². The van der Waals surface area contributed by atoms with Gasteiger partial charge in [0.05, 0.1) is 0 Å². The maximum Gasteiger partial charge on any atom is 0.303 e. The molecule has 0 aliphatic heterocycles. The summed E-state index contributed by atoms with van der Waals surface area (Å²) in [5.41, 5.74) is 4.03. The van der Waals surface area contributed by atoms with Crippen LogP contribution in [-0.2, 0) is 9.59 Å². The summed E-state index contributed by atoms with van der Waals surface area (Å²) in [5.74, 6) is -0.876. The number of hydrogen-bond acceptors (Lipinski definition) is 2. The zero-order chi connectivity index (χ0) is 15.4. The van der Waals surface area contributed by atoms with Crippen molar-refractivity contribution in [2.45, 2.75) is 33.1 Å². The van der Waals surface area contributed by atoms with E-state index < -0.39 is 5.97 Å². The number of hydrogen-bond donors (Lipinski definition) is 1. The van der Waals surface area contributed by atoms with Gasteiger partial charge in [-0.1, -0.05) is 48.9 Å². The highest BCUT2D eigenvalue weighted by atomic mass is 16.4. The van der Waals surface area contributed by atoms with E-state index in [1.165, 1.54) is 5.56 Å². The molecule has 21 heavy (non-hydrogen) atoms. The summed E-state index contributed by atoms with van der Waals surface area (Å²) in [6.07, 6.45) is 4.99. The second-order valence-corrected chi connectivity index (χ2v) is 5.51. The molecule has 0 saturated carbocycles. The highest BCUT2D eigenvalue weighted by Crippen LogP contribution is 2.31. The average molecular weight is 284 g/mol. The van der Waals surface area contributed by atoms with Crippen molar-refractivity contribution in [1.29, 1.82) is 0 Å². The Morgan fingerprint density at radius 3 is 2.48 bits per heavy atom. The van der Waals surface area contributed by atoms with Crippen LogP contribution in [0.4, 0.5) is 0 Å². The summed E-state index contributed by atoms with van der Waals surface area (Å²) in [5, 5.41) is 8.66. The van der Waals surface area contributed by atoms with Gasteiger partial charge < -0.3 is 5.11 Å². The van der Waals surface area contributed by atoms with Gasteiger partial charge in [-0.3, -0.25) is 9.59 Å². The predicted octanol–water partition coefficient (Wildman–Crippen LogP) is 3.78. The number of Topliss-reactive ketones (excluding diaryl/α,β-unsaturated/α-hetero) is 1. The Morgan fingerprint density at radius 2 is 1.86 bits per heavy atom. The third-order valence-electron chi connectivity index (χ3n) is 3.86. The molecule has 0 amide bonds. The Kier molecular flexibility index (Phi) is 4.73. The summed E-state index contributed by atoms with van der Waals surface area (Å²) in [6.45, 7) is 3.95. The van der Waals surface area contributed by atoms with Gasteiger partial charge in [0.25, 0.3) is 0 Å². The van der Waals surface area contributed by atoms with E-state index in [1.807, 2.05) is 50.3 Å². The number of allylic oxidation sites excluding steroid dienone is 4. The van der Waals surface area contributed by atoms with Crippen LogP contribution in [0.3, 0.4) is 0 Å². The van der Waals surface area contributed by atoms with Crippen LogP contribution < -0.4 is 0 Å². The van der Waals surface area contributed by atoms with E-state index in [-0.39, 0.29) is 18.1 Å². The third kappa shape index (κ3) is 3.69. The number of benzene rings is 1. The second-order valence-electron chi connectivity index (χ2n) is 5.51. The first kappa shape index (κ1) is 15.2. The van der Waals surface area contributed by atoms with E-state index in [9.17, 15) is 9.59 Å². The van der Waals surface area contributed by atoms with Crippen LogP contribution in [0.1, 0.15) is 37.3 Å². The Labute approximate surface area is 125 Å². The van der Waals surface area contributed by atoms with E-state index in [0.29, 0.717) is 12.8 Å². The van der Waals surface area contributed by atoms with Crippen LogP contribution in [0, 0.1) is 12.8 Å². The number of aryl methyl sites for hydroxylation is 1. The molecule has 0 aromatic heterocycles. The van der Waals surface area contributed by atoms with Crippen LogP contribution in [-0.4, -0.2) is 16.9 Å². The number of carboxylic acids is 1. The van der Waals surface area contributed by atoms with Crippen molar-refractivity contribution in [1.82, 2.24) is 0 Å². The molecule has 1 aromatic rings. The molecule has 3 heteroatoms. The minimum atomic E-state index is -0.817. The molecule has 110 valence electrons. The lowest BCUT2D eigenvalue weighted by molar-refractivity contribution is -0.137. The fourth-order valence-corrected chi connectivity index (χ4v) is 2.57. The van der Waals surface area contributed by atoms with Crippen molar-refractivity contribution >= 4 is 17.3 Å². The van der Waals surface area contributed by atoms with Gasteiger partial charge in [0.2, 0.25) is 0 Å². The number of rotatable bonds is 5. The van der Waals surface area contributed by atoms with Crippen molar-refractivity contribution in [3.63, 3.8) is 0 Å². The van der Waals surface area contributed by atoms with E-state index in [2.05, 4.69) is 0 Å². The van der Waals surface area contributed by atoms with Crippen molar-refractivity contribution in [2.75, 3.05) is 0 Å². The molecule has 1 aromatic carbocycles. The minimum absolute atomic E-state index is 0.105. The lowest BCUT2D eigenvalue weighted by Gasteiger charge is -2.21. The van der Waals surface area contributed by atoms with Gasteiger partial charge >= 0.3 is 5.97 Å². The van der Waals surface area contributed by atoms with E-state index >= 15 is 0 Å². The molecular formula is C18H20O3. The first-order chi connectivity index (χ1) is 9.99. The zero-order valence-corrected chi connectivity index (χ0v) is 12.4. The smallest absolute Gasteiger partial charge is 0.303 e. The molecule has 0 fully saturated rings. The van der Waals surface area contributed by atoms with Crippen molar-refractivity contribution in [2.24, 2.45) is 5.92 Å². The molecule has 0 heterocycles. The number of carbonyl (C=O) groups is 2. The maximum atomic E-state index is 12.4. The normalized spacial score (nSPS) is 18.2. The fraction of sp³-hybridized carbons (Fsp3) is 0.333. The van der Waals surface area contributed by atoms with Crippen LogP contribution >= 0.6 is 0 Å². The van der Waals surface area contributed by atoms with Gasteiger partial charge in [0, 0.05) is 12.3 Å². The number of aliphatic carboxylic acids is 1. The van der Waals surface area contributed by atoms with Gasteiger partial charge in [-0.05, 0) is 36.5 Å². The number of carboxylic acid groups (broad SMARTS) is 1. The van der Waals surface area contributed by atoms with Gasteiger partial charge in [-0.15, -0.1) is 0 Å². The molecule has 0 bridgehead atoms. The third-order valence-corrected chi connectivity index (χ3v) is 3.86. The Hall–Kier alpha value is -2.16. The zero-order valence-electron chi connectivity index (χ0n) is 12.4. The Balaban J connectivity index is 2.16. The summed E-state index contributed by atoms with van der Waals surface area (Å²) >= 11 is 0. The highest BCUT2D eigenvalue weighted by Gasteiger charge is 2.24. The summed E-state index contributed by atoms with van der Waals surface area (Å²) in [7, 11) is 0. The van der Waals surface area contributed by atoms with E-state index in [4.69, 9.17) is 5.11 Å². The average Bonchev–Trinajstić information content (AvgIpc) is 2.45. The molecule has 1 aliphatic carbocycles. The molecule has 2 rings (SSSR count). The van der Waals surface area contributed by atoms with Gasteiger partial charge in [-0.25, -0.2) is 0 Å². The summed E-state index contributed by atoms with van der Waals surface area (Å²) in [4.78, 5) is 22.9. The van der Waals surface area contributed by atoms with E-state index in [0.717, 1.165) is 16.7 Å². The predicted molar refractivity (Wildman–Crippen MR) is 82.9 cm³/mol. The molecule has 1 aliphatic rings. The summed E-state index contributed by atoms with van der Waals surface area (Å²) in [6, 6.07) is 8.15. The standard InChI is InChI=1S/C18H20O3/c1-12-6-8-14(9-7-12)16-11-10-15(18(21)13(16)2)4-3-5-17(19)20/h6-11,13H,3-5H2,1-2H3,(H,19,20). The number of ketones is 1. The Bertz CT molecular complexity index is 606. The quantitative estimate of drug-likeness (QED) is 0.895. The molecular weight excluding hydrogens is 264 g/mol. The first-order valence-electron chi connectivity index (χ1n) is 7.23.